The molecular formula is C12H17N3O. The first-order valence-electron chi connectivity index (χ1n) is 5.19. The van der Waals surface area contributed by atoms with Gasteiger partial charge in [0.05, 0.1) is 29.6 Å². The van der Waals surface area contributed by atoms with E-state index < -0.39 is 0 Å². The largest absolute Gasteiger partial charge is 0.397 e. The second-order valence-corrected chi connectivity index (χ2v) is 3.86. The van der Waals surface area contributed by atoms with Crippen molar-refractivity contribution in [2.75, 3.05) is 31.3 Å². The van der Waals surface area contributed by atoms with E-state index in [0.29, 0.717) is 23.8 Å². The SMILES string of the molecule is COCC(C)CNc1ccc(C#N)cc1N. The number of benzene rings is 1. The van der Waals surface area contributed by atoms with Crippen LogP contribution in [-0.4, -0.2) is 20.3 Å². The van der Waals surface area contributed by atoms with Crippen molar-refractivity contribution in [2.45, 2.75) is 6.92 Å². The van der Waals surface area contributed by atoms with E-state index in [1.165, 1.54) is 0 Å². The minimum Gasteiger partial charge on any atom is -0.397 e. The fourth-order valence-electron chi connectivity index (χ4n) is 1.42. The third-order valence-corrected chi connectivity index (χ3v) is 2.27. The highest BCUT2D eigenvalue weighted by Gasteiger charge is 2.03. The van der Waals surface area contributed by atoms with Crippen LogP contribution in [0.25, 0.3) is 0 Å². The summed E-state index contributed by atoms with van der Waals surface area (Å²) in [6.07, 6.45) is 0. The summed E-state index contributed by atoms with van der Waals surface area (Å²) in [4.78, 5) is 0. The maximum absolute atomic E-state index is 8.70. The lowest BCUT2D eigenvalue weighted by Gasteiger charge is -2.14. The Morgan fingerprint density at radius 1 is 1.56 bits per heavy atom. The van der Waals surface area contributed by atoms with Crippen LogP contribution in [0.1, 0.15) is 12.5 Å². The lowest BCUT2D eigenvalue weighted by Crippen LogP contribution is -2.16. The first kappa shape index (κ1) is 12.3. The van der Waals surface area contributed by atoms with Gasteiger partial charge in [0, 0.05) is 13.7 Å². The van der Waals surface area contributed by atoms with Crippen molar-refractivity contribution in [3.05, 3.63) is 23.8 Å². The van der Waals surface area contributed by atoms with Gasteiger partial charge in [-0.15, -0.1) is 0 Å². The molecule has 16 heavy (non-hydrogen) atoms. The first-order chi connectivity index (χ1) is 7.67. The zero-order chi connectivity index (χ0) is 12.0. The highest BCUT2D eigenvalue weighted by Crippen LogP contribution is 2.19. The maximum Gasteiger partial charge on any atom is 0.0992 e. The van der Waals surface area contributed by atoms with E-state index in [1.807, 2.05) is 6.07 Å². The number of hydrogen-bond donors (Lipinski definition) is 2. The molecule has 4 nitrogen and oxygen atoms in total. The third kappa shape index (κ3) is 3.44. The molecular weight excluding hydrogens is 202 g/mol. The molecule has 0 aromatic heterocycles. The number of rotatable bonds is 5. The van der Waals surface area contributed by atoms with E-state index in [9.17, 15) is 0 Å². The monoisotopic (exact) mass is 219 g/mol. The third-order valence-electron chi connectivity index (χ3n) is 2.27. The van der Waals surface area contributed by atoms with E-state index in [0.717, 1.165) is 12.2 Å². The smallest absolute Gasteiger partial charge is 0.0992 e. The van der Waals surface area contributed by atoms with Gasteiger partial charge in [0.15, 0.2) is 0 Å². The predicted molar refractivity (Wildman–Crippen MR) is 65.1 cm³/mol. The van der Waals surface area contributed by atoms with Crippen LogP contribution in [0.15, 0.2) is 18.2 Å². The van der Waals surface area contributed by atoms with E-state index in [-0.39, 0.29) is 0 Å². The summed E-state index contributed by atoms with van der Waals surface area (Å²) in [5.41, 5.74) is 7.85. The first-order valence-corrected chi connectivity index (χ1v) is 5.19. The highest BCUT2D eigenvalue weighted by molar-refractivity contribution is 5.68. The molecule has 1 aromatic carbocycles. The van der Waals surface area contributed by atoms with Crippen molar-refractivity contribution in [3.8, 4) is 6.07 Å². The number of hydrogen-bond acceptors (Lipinski definition) is 4. The van der Waals surface area contributed by atoms with Crippen LogP contribution in [-0.2, 0) is 4.74 Å². The van der Waals surface area contributed by atoms with Crippen molar-refractivity contribution in [1.82, 2.24) is 0 Å². The van der Waals surface area contributed by atoms with Crippen molar-refractivity contribution in [1.29, 1.82) is 5.26 Å². The van der Waals surface area contributed by atoms with Crippen LogP contribution < -0.4 is 11.1 Å². The van der Waals surface area contributed by atoms with Gasteiger partial charge in [0.25, 0.3) is 0 Å². The Kier molecular flexibility index (Phi) is 4.62. The second-order valence-electron chi connectivity index (χ2n) is 3.86. The zero-order valence-corrected chi connectivity index (χ0v) is 9.66. The Morgan fingerprint density at radius 2 is 2.31 bits per heavy atom. The molecule has 0 radical (unpaired) electrons. The lowest BCUT2D eigenvalue weighted by molar-refractivity contribution is 0.164. The zero-order valence-electron chi connectivity index (χ0n) is 9.66. The van der Waals surface area contributed by atoms with Crippen molar-refractivity contribution in [3.63, 3.8) is 0 Å². The molecule has 86 valence electrons. The molecule has 1 rings (SSSR count). The van der Waals surface area contributed by atoms with Crippen molar-refractivity contribution in [2.24, 2.45) is 5.92 Å². The molecule has 0 aliphatic carbocycles. The Hall–Kier alpha value is -1.73. The van der Waals surface area contributed by atoms with E-state index in [4.69, 9.17) is 15.7 Å². The normalized spacial score (nSPS) is 11.8. The predicted octanol–water partition coefficient (Wildman–Crippen LogP) is 1.83. The molecule has 0 bridgehead atoms. The number of nitrogens with two attached hydrogens (primary N) is 1. The number of methoxy groups -OCH3 is 1. The molecule has 0 aliphatic rings. The van der Waals surface area contributed by atoms with Gasteiger partial charge in [0.2, 0.25) is 0 Å². The van der Waals surface area contributed by atoms with Gasteiger partial charge in [-0.25, -0.2) is 0 Å². The minimum atomic E-state index is 0.417. The Balaban J connectivity index is 2.58. The molecule has 0 saturated carbocycles. The fourth-order valence-corrected chi connectivity index (χ4v) is 1.42. The molecule has 3 N–H and O–H groups in total. The number of nitrogens with zero attached hydrogens (tertiary/aromatic N) is 1. The molecule has 1 unspecified atom stereocenters. The molecule has 0 saturated heterocycles. The van der Waals surface area contributed by atoms with Gasteiger partial charge in [-0.2, -0.15) is 5.26 Å². The Bertz CT molecular complexity index is 384. The van der Waals surface area contributed by atoms with Gasteiger partial charge in [0.1, 0.15) is 0 Å². The van der Waals surface area contributed by atoms with Crippen molar-refractivity contribution < 1.29 is 4.74 Å². The summed E-state index contributed by atoms with van der Waals surface area (Å²) in [5.74, 6) is 0.417. The molecule has 0 spiro atoms. The van der Waals surface area contributed by atoms with Crippen LogP contribution in [0, 0.1) is 17.2 Å². The number of ether oxygens (including phenoxy) is 1. The highest BCUT2D eigenvalue weighted by atomic mass is 16.5. The van der Waals surface area contributed by atoms with Gasteiger partial charge in [-0.1, -0.05) is 6.92 Å². The molecule has 0 aliphatic heterocycles. The lowest BCUT2D eigenvalue weighted by atomic mass is 10.1. The van der Waals surface area contributed by atoms with Gasteiger partial charge in [-0.3, -0.25) is 0 Å². The van der Waals surface area contributed by atoms with Gasteiger partial charge >= 0.3 is 0 Å². The van der Waals surface area contributed by atoms with Crippen molar-refractivity contribution >= 4 is 11.4 Å². The van der Waals surface area contributed by atoms with Crippen LogP contribution in [0.4, 0.5) is 11.4 Å². The average molecular weight is 219 g/mol. The molecule has 0 heterocycles. The molecule has 4 heteroatoms. The molecule has 0 amide bonds. The van der Waals surface area contributed by atoms with Crippen LogP contribution in [0.5, 0.6) is 0 Å². The summed E-state index contributed by atoms with van der Waals surface area (Å²) < 4.78 is 5.04. The summed E-state index contributed by atoms with van der Waals surface area (Å²) in [6.45, 7) is 3.60. The number of nitrogens with one attached hydrogen (secondary N) is 1. The van der Waals surface area contributed by atoms with Crippen LogP contribution in [0.3, 0.4) is 0 Å². The van der Waals surface area contributed by atoms with E-state index in [1.54, 1.807) is 19.2 Å². The fraction of sp³-hybridized carbons (Fsp3) is 0.417. The average Bonchev–Trinajstić information content (AvgIpc) is 2.27. The van der Waals surface area contributed by atoms with E-state index >= 15 is 0 Å². The van der Waals surface area contributed by atoms with Gasteiger partial charge in [-0.05, 0) is 24.1 Å². The second kappa shape index (κ2) is 5.99. The van der Waals surface area contributed by atoms with Crippen LogP contribution >= 0.6 is 0 Å². The summed E-state index contributed by atoms with van der Waals surface area (Å²) >= 11 is 0. The summed E-state index contributed by atoms with van der Waals surface area (Å²) in [7, 11) is 1.69. The van der Waals surface area contributed by atoms with Crippen LogP contribution in [0.2, 0.25) is 0 Å². The number of anilines is 2. The number of nitriles is 1. The molecule has 1 atom stereocenters. The van der Waals surface area contributed by atoms with E-state index in [2.05, 4.69) is 18.3 Å². The summed E-state index contributed by atoms with van der Waals surface area (Å²) in [5, 5.41) is 11.9. The minimum absolute atomic E-state index is 0.417. The Morgan fingerprint density at radius 3 is 2.88 bits per heavy atom. The maximum atomic E-state index is 8.70. The summed E-state index contributed by atoms with van der Waals surface area (Å²) in [6, 6.07) is 7.30. The molecule has 1 aromatic rings. The standard InChI is InChI=1S/C12H17N3O/c1-9(8-16-2)7-15-12-4-3-10(6-13)5-11(12)14/h3-5,9,15H,7-8,14H2,1-2H3. The Labute approximate surface area is 96.0 Å². The van der Waals surface area contributed by atoms with Gasteiger partial charge < -0.3 is 15.8 Å². The molecule has 0 fully saturated rings. The topological polar surface area (TPSA) is 71.1 Å². The quantitative estimate of drug-likeness (QED) is 0.741. The number of nitrogen functional groups attached to an aromatic ring is 1.